The Morgan fingerprint density at radius 2 is 1.84 bits per heavy atom. The van der Waals surface area contributed by atoms with E-state index in [-0.39, 0.29) is 16.5 Å². The van der Waals surface area contributed by atoms with Crippen LogP contribution in [0.1, 0.15) is 6.92 Å². The molecule has 0 bridgehead atoms. The van der Waals surface area contributed by atoms with Crippen molar-refractivity contribution in [1.82, 2.24) is 10.0 Å². The highest BCUT2D eigenvalue weighted by molar-refractivity contribution is 7.89. The first-order chi connectivity index (χ1) is 8.86. The van der Waals surface area contributed by atoms with Crippen LogP contribution in [-0.4, -0.2) is 33.5 Å². The van der Waals surface area contributed by atoms with Crippen LogP contribution in [0.4, 0.5) is 5.69 Å². The van der Waals surface area contributed by atoms with E-state index in [1.54, 1.807) is 7.05 Å². The van der Waals surface area contributed by atoms with Crippen molar-refractivity contribution >= 4 is 15.7 Å². The Balaban J connectivity index is 2.74. The molecule has 0 heterocycles. The zero-order valence-corrected chi connectivity index (χ0v) is 11.6. The predicted octanol–water partition coefficient (Wildman–Crippen LogP) is 0.729. The van der Waals surface area contributed by atoms with Gasteiger partial charge in [0.15, 0.2) is 0 Å². The summed E-state index contributed by atoms with van der Waals surface area (Å²) >= 11 is 0. The van der Waals surface area contributed by atoms with Gasteiger partial charge in [-0.2, -0.15) is 0 Å². The van der Waals surface area contributed by atoms with Gasteiger partial charge in [0.05, 0.1) is 9.82 Å². The molecular formula is C11H17N3O4S. The summed E-state index contributed by atoms with van der Waals surface area (Å²) < 4.78 is 26.3. The Morgan fingerprint density at radius 1 is 1.26 bits per heavy atom. The van der Waals surface area contributed by atoms with Crippen molar-refractivity contribution in [3.05, 3.63) is 34.4 Å². The maximum atomic E-state index is 11.9. The van der Waals surface area contributed by atoms with Crippen molar-refractivity contribution in [3.63, 3.8) is 0 Å². The fourth-order valence-electron chi connectivity index (χ4n) is 1.50. The Bertz CT molecular complexity index is 527. The van der Waals surface area contributed by atoms with E-state index in [2.05, 4.69) is 10.0 Å². The smallest absolute Gasteiger partial charge is 0.269 e. The van der Waals surface area contributed by atoms with Crippen LogP contribution in [0.5, 0.6) is 0 Å². The Labute approximate surface area is 112 Å². The van der Waals surface area contributed by atoms with E-state index in [1.807, 2.05) is 6.92 Å². The first-order valence-electron chi connectivity index (χ1n) is 5.75. The highest BCUT2D eigenvalue weighted by Gasteiger charge is 2.16. The van der Waals surface area contributed by atoms with Crippen molar-refractivity contribution in [2.24, 2.45) is 5.92 Å². The number of nitrogens with zero attached hydrogens (tertiary/aromatic N) is 1. The molecule has 0 fully saturated rings. The summed E-state index contributed by atoms with van der Waals surface area (Å²) in [7, 11) is -1.82. The molecule has 0 spiro atoms. The molecule has 1 atom stereocenters. The molecule has 0 saturated heterocycles. The number of sulfonamides is 1. The second-order valence-corrected chi connectivity index (χ2v) is 6.03. The molecule has 7 nitrogen and oxygen atoms in total. The fraction of sp³-hybridized carbons (Fsp3) is 0.455. The zero-order valence-electron chi connectivity index (χ0n) is 10.8. The van der Waals surface area contributed by atoms with Crippen LogP contribution in [0.25, 0.3) is 0 Å². The van der Waals surface area contributed by atoms with Crippen LogP contribution >= 0.6 is 0 Å². The molecule has 2 N–H and O–H groups in total. The van der Waals surface area contributed by atoms with Crippen LogP contribution in [0.3, 0.4) is 0 Å². The van der Waals surface area contributed by atoms with Crippen LogP contribution in [0.2, 0.25) is 0 Å². The maximum Gasteiger partial charge on any atom is 0.269 e. The standard InChI is InChI=1S/C11H17N3O4S/c1-9(7-12-2)8-13-19(17,18)11-5-3-10(4-6-11)14(15)16/h3-6,9,12-13H,7-8H2,1-2H3. The van der Waals surface area contributed by atoms with Crippen molar-refractivity contribution in [3.8, 4) is 0 Å². The lowest BCUT2D eigenvalue weighted by Gasteiger charge is -2.12. The van der Waals surface area contributed by atoms with Gasteiger partial charge in [-0.15, -0.1) is 0 Å². The lowest BCUT2D eigenvalue weighted by Crippen LogP contribution is -2.32. The number of non-ortho nitro benzene ring substituents is 1. The van der Waals surface area contributed by atoms with Crippen LogP contribution in [0, 0.1) is 16.0 Å². The average molecular weight is 287 g/mol. The maximum absolute atomic E-state index is 11.9. The molecule has 106 valence electrons. The quantitative estimate of drug-likeness (QED) is 0.568. The van der Waals surface area contributed by atoms with Gasteiger partial charge in [-0.1, -0.05) is 6.92 Å². The molecule has 0 amide bonds. The molecule has 0 radical (unpaired) electrons. The topological polar surface area (TPSA) is 101 Å². The monoisotopic (exact) mass is 287 g/mol. The van der Waals surface area contributed by atoms with E-state index in [4.69, 9.17) is 0 Å². The lowest BCUT2D eigenvalue weighted by molar-refractivity contribution is -0.384. The summed E-state index contributed by atoms with van der Waals surface area (Å²) in [5.74, 6) is 0.151. The highest BCUT2D eigenvalue weighted by Crippen LogP contribution is 2.15. The molecule has 1 unspecified atom stereocenters. The van der Waals surface area contributed by atoms with Crippen molar-refractivity contribution < 1.29 is 13.3 Å². The van der Waals surface area contributed by atoms with Crippen molar-refractivity contribution in [2.75, 3.05) is 20.1 Å². The van der Waals surface area contributed by atoms with Crippen LogP contribution in [0.15, 0.2) is 29.2 Å². The molecule has 1 aromatic rings. The average Bonchev–Trinajstić information content (AvgIpc) is 2.37. The number of benzene rings is 1. The van der Waals surface area contributed by atoms with Gasteiger partial charge in [-0.3, -0.25) is 10.1 Å². The molecular weight excluding hydrogens is 270 g/mol. The molecule has 0 aliphatic carbocycles. The third kappa shape index (κ3) is 4.58. The minimum atomic E-state index is -3.62. The van der Waals surface area contributed by atoms with Gasteiger partial charge >= 0.3 is 0 Å². The van der Waals surface area contributed by atoms with Crippen LogP contribution < -0.4 is 10.0 Å². The van der Waals surface area contributed by atoms with Crippen LogP contribution in [-0.2, 0) is 10.0 Å². The molecule has 0 aromatic heterocycles. The molecule has 0 aliphatic heterocycles. The molecule has 8 heteroatoms. The largest absolute Gasteiger partial charge is 0.319 e. The van der Waals surface area contributed by atoms with E-state index >= 15 is 0 Å². The lowest BCUT2D eigenvalue weighted by atomic mass is 10.2. The number of nitrogens with one attached hydrogen (secondary N) is 2. The number of nitro benzene ring substituents is 1. The zero-order chi connectivity index (χ0) is 14.5. The van der Waals surface area contributed by atoms with Gasteiger partial charge < -0.3 is 5.32 Å². The first kappa shape index (κ1) is 15.5. The molecule has 0 saturated carbocycles. The molecule has 1 aromatic carbocycles. The second kappa shape index (κ2) is 6.60. The number of nitro groups is 1. The van der Waals surface area contributed by atoms with Gasteiger partial charge in [0.25, 0.3) is 5.69 Å². The fourth-order valence-corrected chi connectivity index (χ4v) is 2.67. The summed E-state index contributed by atoms with van der Waals surface area (Å²) in [5, 5.41) is 13.4. The summed E-state index contributed by atoms with van der Waals surface area (Å²) in [6, 6.07) is 4.80. The Hall–Kier alpha value is -1.51. The van der Waals surface area contributed by atoms with Gasteiger partial charge in [0, 0.05) is 18.7 Å². The van der Waals surface area contributed by atoms with E-state index in [0.717, 1.165) is 0 Å². The number of rotatable bonds is 7. The van der Waals surface area contributed by atoms with E-state index in [1.165, 1.54) is 24.3 Å². The summed E-state index contributed by atoms with van der Waals surface area (Å²) in [6.45, 7) is 2.91. The summed E-state index contributed by atoms with van der Waals surface area (Å²) in [5.41, 5.74) is -0.137. The normalized spacial score (nSPS) is 13.2. The molecule has 0 aliphatic rings. The van der Waals surface area contributed by atoms with Crippen molar-refractivity contribution in [2.45, 2.75) is 11.8 Å². The first-order valence-corrected chi connectivity index (χ1v) is 7.24. The van der Waals surface area contributed by atoms with Gasteiger partial charge in [0.1, 0.15) is 0 Å². The van der Waals surface area contributed by atoms with Gasteiger partial charge in [0.2, 0.25) is 10.0 Å². The SMILES string of the molecule is CNCC(C)CNS(=O)(=O)c1ccc([N+](=O)[O-])cc1. The summed E-state index contributed by atoms with van der Waals surface area (Å²) in [4.78, 5) is 9.93. The van der Waals surface area contributed by atoms with Gasteiger partial charge in [-0.25, -0.2) is 13.1 Å². The minimum Gasteiger partial charge on any atom is -0.319 e. The summed E-state index contributed by atoms with van der Waals surface area (Å²) in [6.07, 6.45) is 0. The number of hydrogen-bond donors (Lipinski definition) is 2. The Morgan fingerprint density at radius 3 is 2.32 bits per heavy atom. The van der Waals surface area contributed by atoms with Gasteiger partial charge in [-0.05, 0) is 31.6 Å². The Kier molecular flexibility index (Phi) is 5.40. The molecule has 1 rings (SSSR count). The van der Waals surface area contributed by atoms with Crippen molar-refractivity contribution in [1.29, 1.82) is 0 Å². The molecule has 19 heavy (non-hydrogen) atoms. The second-order valence-electron chi connectivity index (χ2n) is 4.27. The minimum absolute atomic E-state index is 0.0229. The third-order valence-electron chi connectivity index (χ3n) is 2.53. The van der Waals surface area contributed by atoms with E-state index in [0.29, 0.717) is 13.1 Å². The van der Waals surface area contributed by atoms with E-state index < -0.39 is 14.9 Å². The number of hydrogen-bond acceptors (Lipinski definition) is 5. The third-order valence-corrected chi connectivity index (χ3v) is 3.97. The predicted molar refractivity (Wildman–Crippen MR) is 71.4 cm³/mol. The highest BCUT2D eigenvalue weighted by atomic mass is 32.2. The van der Waals surface area contributed by atoms with E-state index in [9.17, 15) is 18.5 Å².